The highest BCUT2D eigenvalue weighted by atomic mass is 79.9. The first-order valence-electron chi connectivity index (χ1n) is 5.44. The monoisotopic (exact) mass is 370 g/mol. The van der Waals surface area contributed by atoms with Crippen LogP contribution in [0.2, 0.25) is 5.02 Å². The van der Waals surface area contributed by atoms with Crippen molar-refractivity contribution in [1.82, 2.24) is 10.2 Å². The maximum absolute atomic E-state index is 13.7. The van der Waals surface area contributed by atoms with Crippen LogP contribution in [0.1, 0.15) is 22.5 Å². The van der Waals surface area contributed by atoms with Crippen molar-refractivity contribution in [1.29, 1.82) is 0 Å². The first-order valence-corrected chi connectivity index (χ1v) is 6.61. The van der Waals surface area contributed by atoms with Crippen molar-refractivity contribution in [2.24, 2.45) is 0 Å². The van der Waals surface area contributed by atoms with E-state index in [2.05, 4.69) is 26.1 Å². The molecule has 108 valence electrons. The van der Waals surface area contributed by atoms with E-state index in [1.165, 1.54) is 6.07 Å². The van der Waals surface area contributed by atoms with Gasteiger partial charge in [-0.1, -0.05) is 17.7 Å². The van der Waals surface area contributed by atoms with Crippen LogP contribution in [0.5, 0.6) is 0 Å². The van der Waals surface area contributed by atoms with Crippen LogP contribution in [0.3, 0.4) is 0 Å². The number of halogens is 6. The molecule has 1 aromatic carbocycles. The summed E-state index contributed by atoms with van der Waals surface area (Å²) in [6.07, 6.45) is -4.62. The summed E-state index contributed by atoms with van der Waals surface area (Å²) in [6, 6.07) is 2.64. The number of nitrogens with zero attached hydrogens (tertiary/aromatic N) is 1. The number of H-pyrrole nitrogens is 1. The minimum Gasteiger partial charge on any atom is -0.280 e. The van der Waals surface area contributed by atoms with Gasteiger partial charge in [-0.3, -0.25) is 5.10 Å². The second-order valence-electron chi connectivity index (χ2n) is 4.23. The molecule has 0 aliphatic carbocycles. The van der Waals surface area contributed by atoms with Gasteiger partial charge in [0.15, 0.2) is 5.69 Å². The molecule has 0 amide bonds. The third kappa shape index (κ3) is 2.98. The van der Waals surface area contributed by atoms with Gasteiger partial charge < -0.3 is 0 Å². The molecule has 1 N–H and O–H groups in total. The van der Waals surface area contributed by atoms with Crippen LogP contribution in [-0.4, -0.2) is 10.2 Å². The first kappa shape index (κ1) is 15.3. The van der Waals surface area contributed by atoms with Crippen molar-refractivity contribution in [2.45, 2.75) is 19.5 Å². The van der Waals surface area contributed by atoms with Gasteiger partial charge in [0.05, 0.1) is 10.2 Å². The topological polar surface area (TPSA) is 28.7 Å². The Morgan fingerprint density at radius 3 is 2.55 bits per heavy atom. The predicted molar refractivity (Wildman–Crippen MR) is 70.2 cm³/mol. The molecule has 1 heterocycles. The van der Waals surface area contributed by atoms with Crippen LogP contribution in [0, 0.1) is 12.7 Å². The molecule has 0 unspecified atom stereocenters. The molecule has 0 saturated heterocycles. The number of nitrogens with one attached hydrogen (secondary N) is 1. The minimum atomic E-state index is -4.57. The second-order valence-corrected chi connectivity index (χ2v) is 5.43. The van der Waals surface area contributed by atoms with Crippen LogP contribution >= 0.6 is 27.5 Å². The Bertz CT molecular complexity index is 652. The van der Waals surface area contributed by atoms with Gasteiger partial charge in [0.25, 0.3) is 0 Å². The molecular weight excluding hydrogens is 363 g/mol. The summed E-state index contributed by atoms with van der Waals surface area (Å²) in [7, 11) is 0. The van der Waals surface area contributed by atoms with E-state index in [-0.39, 0.29) is 27.2 Å². The van der Waals surface area contributed by atoms with Gasteiger partial charge in [-0.25, -0.2) is 4.39 Å². The van der Waals surface area contributed by atoms with Gasteiger partial charge in [-0.15, -0.1) is 0 Å². The SMILES string of the molecule is Cc1cc(Cc2[nH]nc(C(F)(F)F)c2Br)c(F)cc1Cl. The summed E-state index contributed by atoms with van der Waals surface area (Å²) >= 11 is 8.61. The summed E-state index contributed by atoms with van der Waals surface area (Å²) in [5.41, 5.74) is -0.0173. The number of hydrogen-bond donors (Lipinski definition) is 1. The van der Waals surface area contributed by atoms with Crippen molar-refractivity contribution in [3.8, 4) is 0 Å². The molecule has 0 aliphatic rings. The molecule has 1 aromatic heterocycles. The fraction of sp³-hybridized carbons (Fsp3) is 0.250. The van der Waals surface area contributed by atoms with Gasteiger partial charge in [0.1, 0.15) is 5.82 Å². The second kappa shape index (κ2) is 5.37. The number of aromatic amines is 1. The third-order valence-electron chi connectivity index (χ3n) is 2.74. The van der Waals surface area contributed by atoms with Gasteiger partial charge in [0, 0.05) is 11.4 Å². The zero-order chi connectivity index (χ0) is 15.1. The molecule has 0 aliphatic heterocycles. The zero-order valence-corrected chi connectivity index (χ0v) is 12.4. The maximum atomic E-state index is 13.7. The summed E-state index contributed by atoms with van der Waals surface area (Å²) in [5, 5.41) is 5.75. The van der Waals surface area contributed by atoms with E-state index in [0.717, 1.165) is 6.07 Å². The highest BCUT2D eigenvalue weighted by molar-refractivity contribution is 9.10. The Balaban J connectivity index is 2.37. The first-order chi connectivity index (χ1) is 9.20. The molecule has 0 fully saturated rings. The van der Waals surface area contributed by atoms with E-state index in [9.17, 15) is 17.6 Å². The lowest BCUT2D eigenvalue weighted by Crippen LogP contribution is -2.06. The molecule has 2 rings (SSSR count). The molecule has 0 atom stereocenters. The van der Waals surface area contributed by atoms with Crippen LogP contribution in [0.4, 0.5) is 17.6 Å². The van der Waals surface area contributed by atoms with Crippen molar-refractivity contribution < 1.29 is 17.6 Å². The number of alkyl halides is 3. The number of hydrogen-bond acceptors (Lipinski definition) is 1. The fourth-order valence-electron chi connectivity index (χ4n) is 1.71. The molecular formula is C12H8BrClF4N2. The molecule has 0 bridgehead atoms. The Hall–Kier alpha value is -1.08. The largest absolute Gasteiger partial charge is 0.436 e. The molecule has 20 heavy (non-hydrogen) atoms. The molecule has 2 aromatic rings. The Labute approximate surface area is 125 Å². The predicted octanol–water partition coefficient (Wildman–Crippen LogP) is 4.88. The average molecular weight is 372 g/mol. The minimum absolute atomic E-state index is 0.0481. The number of benzene rings is 1. The third-order valence-corrected chi connectivity index (χ3v) is 4.00. The van der Waals surface area contributed by atoms with Gasteiger partial charge in [-0.05, 0) is 40.0 Å². The molecule has 0 radical (unpaired) electrons. The van der Waals surface area contributed by atoms with E-state index in [4.69, 9.17) is 11.6 Å². The Morgan fingerprint density at radius 2 is 2.00 bits per heavy atom. The van der Waals surface area contributed by atoms with Gasteiger partial charge in [-0.2, -0.15) is 18.3 Å². The Kier molecular flexibility index (Phi) is 4.11. The average Bonchev–Trinajstić information content (AvgIpc) is 2.67. The molecule has 0 spiro atoms. The standard InChI is InChI=1S/C12H8BrClF4N2/c1-5-2-6(8(15)4-7(5)14)3-9-10(13)11(20-19-9)12(16,17)18/h2,4H,3H2,1H3,(H,19,20). The van der Waals surface area contributed by atoms with Crippen LogP contribution < -0.4 is 0 Å². The summed E-state index contributed by atoms with van der Waals surface area (Å²) in [5.74, 6) is -0.573. The number of rotatable bonds is 2. The summed E-state index contributed by atoms with van der Waals surface area (Å²) < 4.78 is 51.3. The highest BCUT2D eigenvalue weighted by Gasteiger charge is 2.37. The fourth-order valence-corrected chi connectivity index (χ4v) is 2.41. The van der Waals surface area contributed by atoms with Crippen molar-refractivity contribution >= 4 is 27.5 Å². The van der Waals surface area contributed by atoms with Gasteiger partial charge in [0.2, 0.25) is 0 Å². The van der Waals surface area contributed by atoms with Crippen molar-refractivity contribution in [2.75, 3.05) is 0 Å². The lowest BCUT2D eigenvalue weighted by Gasteiger charge is -2.06. The highest BCUT2D eigenvalue weighted by Crippen LogP contribution is 2.35. The lowest BCUT2D eigenvalue weighted by molar-refractivity contribution is -0.141. The van der Waals surface area contributed by atoms with Gasteiger partial charge >= 0.3 is 6.18 Å². The Morgan fingerprint density at radius 1 is 1.35 bits per heavy atom. The van der Waals surface area contributed by atoms with E-state index in [1.807, 2.05) is 0 Å². The van der Waals surface area contributed by atoms with Crippen molar-refractivity contribution in [3.05, 3.63) is 50.0 Å². The summed E-state index contributed by atoms with van der Waals surface area (Å²) in [6.45, 7) is 1.69. The molecule has 2 nitrogen and oxygen atoms in total. The van der Waals surface area contributed by atoms with E-state index in [1.54, 1.807) is 6.92 Å². The van der Waals surface area contributed by atoms with Crippen LogP contribution in [-0.2, 0) is 12.6 Å². The number of aromatic nitrogens is 2. The molecule has 0 saturated carbocycles. The van der Waals surface area contributed by atoms with Crippen molar-refractivity contribution in [3.63, 3.8) is 0 Å². The summed E-state index contributed by atoms with van der Waals surface area (Å²) in [4.78, 5) is 0. The van der Waals surface area contributed by atoms with Crippen LogP contribution in [0.15, 0.2) is 16.6 Å². The smallest absolute Gasteiger partial charge is 0.280 e. The molecule has 8 heteroatoms. The van der Waals surface area contributed by atoms with Crippen LogP contribution in [0.25, 0.3) is 0 Å². The zero-order valence-electron chi connectivity index (χ0n) is 10.1. The van der Waals surface area contributed by atoms with E-state index < -0.39 is 17.7 Å². The normalized spacial score (nSPS) is 11.9. The lowest BCUT2D eigenvalue weighted by atomic mass is 10.1. The van der Waals surface area contributed by atoms with E-state index in [0.29, 0.717) is 5.56 Å². The van der Waals surface area contributed by atoms with E-state index >= 15 is 0 Å². The quantitative estimate of drug-likeness (QED) is 0.749. The number of aryl methyl sites for hydroxylation is 1. The maximum Gasteiger partial charge on any atom is 0.436 e.